The molecule has 9 nitrogen and oxygen atoms in total. The van der Waals surface area contributed by atoms with E-state index in [1.54, 1.807) is 0 Å². The van der Waals surface area contributed by atoms with Crippen molar-refractivity contribution in [3.8, 4) is 22.8 Å². The zero-order valence-electron chi connectivity index (χ0n) is 24.2. The summed E-state index contributed by atoms with van der Waals surface area (Å²) in [6, 6.07) is 16.5. The van der Waals surface area contributed by atoms with Crippen molar-refractivity contribution in [3.05, 3.63) is 90.0 Å². The third-order valence-electron chi connectivity index (χ3n) is 6.75. The number of hydrogen-bond donors (Lipinski definition) is 1. The molecule has 1 N–H and O–H groups in total. The van der Waals surface area contributed by atoms with Crippen LogP contribution in [0.3, 0.4) is 0 Å². The standard InChI is InChI=1S/C31H28F4N6O3S/c1-19(2)25-16-22(32)8-13-26(25)41-27(42)17-45-30(41)38-29(43)36-14-4-6-20-5-3-7-21(15-20)28-37-18-40(39-28)23-9-11-24(12-10-23)44-31(33,34)35/h3,5,7-13,15-16,18-19H,4,6,14,17H2,1-2H3,(H,36,43)/b38-30-. The molecule has 5 rings (SSSR count). The molecule has 0 aliphatic carbocycles. The first-order valence-corrected chi connectivity index (χ1v) is 14.9. The van der Waals surface area contributed by atoms with E-state index in [0.29, 0.717) is 42.1 Å². The van der Waals surface area contributed by atoms with Crippen LogP contribution in [0.2, 0.25) is 0 Å². The summed E-state index contributed by atoms with van der Waals surface area (Å²) in [6.07, 6.45) is -2.05. The minimum atomic E-state index is -4.77. The summed E-state index contributed by atoms with van der Waals surface area (Å²) in [6.45, 7) is 4.14. The highest BCUT2D eigenvalue weighted by molar-refractivity contribution is 8.15. The molecule has 1 aromatic heterocycles. The predicted molar refractivity (Wildman–Crippen MR) is 163 cm³/mol. The fraction of sp³-hybridized carbons (Fsp3) is 0.258. The molecule has 234 valence electrons. The number of carbonyl (C=O) groups excluding carboxylic acids is 2. The zero-order valence-corrected chi connectivity index (χ0v) is 25.0. The molecule has 0 unspecified atom stereocenters. The van der Waals surface area contributed by atoms with E-state index >= 15 is 0 Å². The molecule has 1 saturated heterocycles. The number of aryl methyl sites for hydroxylation is 1. The van der Waals surface area contributed by atoms with Crippen LogP contribution in [0.25, 0.3) is 17.1 Å². The fourth-order valence-corrected chi connectivity index (χ4v) is 5.53. The molecule has 14 heteroatoms. The smallest absolute Gasteiger partial charge is 0.406 e. The van der Waals surface area contributed by atoms with Gasteiger partial charge in [-0.1, -0.05) is 43.8 Å². The van der Waals surface area contributed by atoms with E-state index < -0.39 is 18.2 Å². The highest BCUT2D eigenvalue weighted by Crippen LogP contribution is 2.34. The maximum atomic E-state index is 13.9. The number of anilines is 1. The number of halogens is 4. The Morgan fingerprint density at radius 3 is 2.62 bits per heavy atom. The number of aliphatic imine (C=N–C) groups is 1. The first-order chi connectivity index (χ1) is 21.5. The van der Waals surface area contributed by atoms with Crippen LogP contribution in [0.15, 0.2) is 78.0 Å². The van der Waals surface area contributed by atoms with Gasteiger partial charge in [-0.3, -0.25) is 9.69 Å². The highest BCUT2D eigenvalue weighted by Gasteiger charge is 2.33. The van der Waals surface area contributed by atoms with Crippen molar-refractivity contribution in [2.24, 2.45) is 4.99 Å². The number of rotatable bonds is 9. The molecule has 3 aromatic carbocycles. The van der Waals surface area contributed by atoms with Crippen LogP contribution in [0, 0.1) is 5.82 Å². The fourth-order valence-electron chi connectivity index (χ4n) is 4.67. The van der Waals surface area contributed by atoms with Gasteiger partial charge >= 0.3 is 12.4 Å². The van der Waals surface area contributed by atoms with E-state index in [0.717, 1.165) is 22.9 Å². The number of urea groups is 1. The number of hydrogen-bond acceptors (Lipinski definition) is 6. The lowest BCUT2D eigenvalue weighted by atomic mass is 10.0. The molecule has 1 aliphatic heterocycles. The molecule has 2 heterocycles. The van der Waals surface area contributed by atoms with Gasteiger partial charge in [-0.05, 0) is 78.4 Å². The van der Waals surface area contributed by atoms with Crippen LogP contribution in [-0.4, -0.2) is 50.5 Å². The Bertz CT molecular complexity index is 1720. The first kappa shape index (κ1) is 31.7. The van der Waals surface area contributed by atoms with Gasteiger partial charge in [-0.2, -0.15) is 4.99 Å². The average Bonchev–Trinajstić information content (AvgIpc) is 3.62. The van der Waals surface area contributed by atoms with Crippen molar-refractivity contribution >= 4 is 34.6 Å². The molecule has 0 saturated carbocycles. The Morgan fingerprint density at radius 2 is 1.89 bits per heavy atom. The SMILES string of the molecule is CC(C)c1cc(F)ccc1N1C(=O)CS/C1=N\C(=O)NCCCc1cccc(-c2ncn(-c3ccc(OC(F)(F)F)cc3)n2)c1. The van der Waals surface area contributed by atoms with Gasteiger partial charge in [-0.25, -0.2) is 18.9 Å². The molecule has 0 spiro atoms. The van der Waals surface area contributed by atoms with Gasteiger partial charge in [0.1, 0.15) is 17.9 Å². The summed E-state index contributed by atoms with van der Waals surface area (Å²) >= 11 is 1.16. The van der Waals surface area contributed by atoms with Crippen LogP contribution in [0.5, 0.6) is 5.75 Å². The van der Waals surface area contributed by atoms with Crippen molar-refractivity contribution in [2.45, 2.75) is 39.0 Å². The maximum Gasteiger partial charge on any atom is 0.573 e. The minimum Gasteiger partial charge on any atom is -0.406 e. The number of aromatic nitrogens is 3. The van der Waals surface area contributed by atoms with Gasteiger partial charge in [0.05, 0.1) is 17.1 Å². The second kappa shape index (κ2) is 13.5. The van der Waals surface area contributed by atoms with Gasteiger partial charge < -0.3 is 10.1 Å². The van der Waals surface area contributed by atoms with Gasteiger partial charge in [0.2, 0.25) is 5.91 Å². The van der Waals surface area contributed by atoms with Crippen LogP contribution in [-0.2, 0) is 11.2 Å². The Hall–Kier alpha value is -4.72. The summed E-state index contributed by atoms with van der Waals surface area (Å²) in [4.78, 5) is 35.1. The van der Waals surface area contributed by atoms with E-state index in [9.17, 15) is 27.2 Å². The Kier molecular flexibility index (Phi) is 9.51. The first-order valence-electron chi connectivity index (χ1n) is 14.0. The second-order valence-corrected chi connectivity index (χ2v) is 11.3. The summed E-state index contributed by atoms with van der Waals surface area (Å²) < 4.78 is 56.5. The number of amides is 3. The molecule has 0 bridgehead atoms. The van der Waals surface area contributed by atoms with Crippen molar-refractivity contribution in [2.75, 3.05) is 17.2 Å². The number of nitrogens with one attached hydrogen (secondary N) is 1. The minimum absolute atomic E-state index is 0.0447. The summed E-state index contributed by atoms with van der Waals surface area (Å²) in [5.74, 6) is -0.437. The van der Waals surface area contributed by atoms with Crippen molar-refractivity contribution in [3.63, 3.8) is 0 Å². The lowest BCUT2D eigenvalue weighted by Crippen LogP contribution is -2.32. The highest BCUT2D eigenvalue weighted by atomic mass is 32.2. The Balaban J connectivity index is 1.16. The summed E-state index contributed by atoms with van der Waals surface area (Å²) in [5, 5.41) is 7.45. The van der Waals surface area contributed by atoms with Crippen LogP contribution in [0.4, 0.5) is 28.0 Å². The average molecular weight is 641 g/mol. The molecule has 4 aromatic rings. The van der Waals surface area contributed by atoms with Crippen molar-refractivity contribution < 1.29 is 31.9 Å². The van der Waals surface area contributed by atoms with Crippen LogP contribution in [0.1, 0.15) is 37.3 Å². The van der Waals surface area contributed by atoms with Crippen LogP contribution < -0.4 is 15.0 Å². The molecule has 0 radical (unpaired) electrons. The number of alkyl halides is 3. The number of ether oxygens (including phenoxy) is 1. The molecule has 3 amide bonds. The van der Waals surface area contributed by atoms with Crippen molar-refractivity contribution in [1.29, 1.82) is 0 Å². The normalized spacial score (nSPS) is 14.4. The summed E-state index contributed by atoms with van der Waals surface area (Å²) in [7, 11) is 0. The number of nitrogens with zero attached hydrogens (tertiary/aromatic N) is 5. The van der Waals surface area contributed by atoms with E-state index in [2.05, 4.69) is 25.1 Å². The molecular formula is C31H28F4N6O3S. The Labute approximate surface area is 260 Å². The molecule has 45 heavy (non-hydrogen) atoms. The Morgan fingerprint density at radius 1 is 1.11 bits per heavy atom. The molecule has 1 aliphatic rings. The quantitative estimate of drug-likeness (QED) is 0.158. The van der Waals surface area contributed by atoms with E-state index in [4.69, 9.17) is 0 Å². The monoisotopic (exact) mass is 640 g/mol. The largest absolute Gasteiger partial charge is 0.573 e. The third-order valence-corrected chi connectivity index (χ3v) is 7.67. The predicted octanol–water partition coefficient (Wildman–Crippen LogP) is 6.87. The third kappa shape index (κ3) is 8.06. The topological polar surface area (TPSA) is 102 Å². The second-order valence-electron chi connectivity index (χ2n) is 10.4. The maximum absolute atomic E-state index is 13.9. The number of amidine groups is 1. The van der Waals surface area contributed by atoms with Crippen LogP contribution >= 0.6 is 11.8 Å². The van der Waals surface area contributed by atoms with Gasteiger partial charge in [0.15, 0.2) is 11.0 Å². The number of carbonyl (C=O) groups is 2. The van der Waals surface area contributed by atoms with Crippen molar-refractivity contribution in [1.82, 2.24) is 20.1 Å². The lowest BCUT2D eigenvalue weighted by Gasteiger charge is -2.21. The summed E-state index contributed by atoms with van der Waals surface area (Å²) in [5.41, 5.74) is 3.42. The zero-order chi connectivity index (χ0) is 32.1. The lowest BCUT2D eigenvalue weighted by molar-refractivity contribution is -0.274. The number of thioether (sulfide) groups is 1. The molecular weight excluding hydrogens is 612 g/mol. The van der Waals surface area contributed by atoms with E-state index in [1.165, 1.54) is 58.4 Å². The molecule has 1 fully saturated rings. The van der Waals surface area contributed by atoms with Gasteiger partial charge in [-0.15, -0.1) is 18.3 Å². The van der Waals surface area contributed by atoms with E-state index in [-0.39, 0.29) is 28.5 Å². The van der Waals surface area contributed by atoms with E-state index in [1.807, 2.05) is 38.1 Å². The molecule has 0 atom stereocenters. The number of benzene rings is 3. The van der Waals surface area contributed by atoms with Gasteiger partial charge in [0.25, 0.3) is 0 Å². The van der Waals surface area contributed by atoms with Gasteiger partial charge in [0, 0.05) is 12.1 Å².